The Balaban J connectivity index is 2.01. The molecule has 1 atom stereocenters. The maximum absolute atomic E-state index is 12.9. The number of benzene rings is 2. The summed E-state index contributed by atoms with van der Waals surface area (Å²) >= 11 is 0. The minimum Gasteiger partial charge on any atom is -0.240 e. The van der Waals surface area contributed by atoms with Crippen molar-refractivity contribution in [1.29, 1.82) is 0 Å². The van der Waals surface area contributed by atoms with Gasteiger partial charge in [0.15, 0.2) is 0 Å². The molecule has 0 unspecified atom stereocenters. The van der Waals surface area contributed by atoms with Gasteiger partial charge >= 0.3 is 0 Å². The number of rotatable bonds is 2. The molecule has 0 N–H and O–H groups in total. The van der Waals surface area contributed by atoms with Crippen molar-refractivity contribution in [2.24, 2.45) is 0 Å². The minimum atomic E-state index is -0.227. The van der Waals surface area contributed by atoms with Crippen LogP contribution in [0.2, 0.25) is 0 Å². The average Bonchev–Trinajstić information content (AvgIpc) is 2.47. The van der Waals surface area contributed by atoms with Crippen molar-refractivity contribution in [2.45, 2.75) is 12.8 Å². The van der Waals surface area contributed by atoms with Crippen LogP contribution in [-0.4, -0.2) is 9.97 Å². The molecule has 0 saturated heterocycles. The fraction of sp³-hybridized carbons (Fsp3) is 0.125. The smallest absolute Gasteiger partial charge is 0.136 e. The lowest BCUT2D eigenvalue weighted by molar-refractivity contribution is 0.626. The summed E-state index contributed by atoms with van der Waals surface area (Å²) in [5, 5.41) is 1.03. The van der Waals surface area contributed by atoms with E-state index in [1.807, 2.05) is 37.4 Å². The molecule has 94 valence electrons. The lowest BCUT2D eigenvalue weighted by atomic mass is 10.0. The van der Waals surface area contributed by atoms with E-state index in [0.29, 0.717) is 0 Å². The Morgan fingerprint density at radius 3 is 2.53 bits per heavy atom. The van der Waals surface area contributed by atoms with Gasteiger partial charge in [-0.15, -0.1) is 0 Å². The molecule has 3 rings (SSSR count). The molecule has 0 radical (unpaired) electrons. The monoisotopic (exact) mass is 252 g/mol. The molecular formula is C16H13FN2. The average molecular weight is 252 g/mol. The SMILES string of the molecule is C[C@@H](c1ccc(F)cc1)c1ncc2ccccc2n1. The molecule has 19 heavy (non-hydrogen) atoms. The first-order valence-electron chi connectivity index (χ1n) is 6.21. The molecule has 0 fully saturated rings. The van der Waals surface area contributed by atoms with Crippen LogP contribution in [0.1, 0.15) is 24.2 Å². The van der Waals surface area contributed by atoms with Gasteiger partial charge in [-0.1, -0.05) is 37.3 Å². The summed E-state index contributed by atoms with van der Waals surface area (Å²) in [5.74, 6) is 0.575. The van der Waals surface area contributed by atoms with Crippen LogP contribution in [0.15, 0.2) is 54.7 Å². The van der Waals surface area contributed by atoms with Crippen molar-refractivity contribution in [3.05, 3.63) is 71.9 Å². The van der Waals surface area contributed by atoms with Gasteiger partial charge in [0.25, 0.3) is 0 Å². The fourth-order valence-corrected chi connectivity index (χ4v) is 2.10. The van der Waals surface area contributed by atoms with Crippen LogP contribution < -0.4 is 0 Å². The summed E-state index contributed by atoms with van der Waals surface area (Å²) in [5.41, 5.74) is 1.94. The second-order valence-corrected chi connectivity index (χ2v) is 4.56. The van der Waals surface area contributed by atoms with Gasteiger partial charge in [0.1, 0.15) is 11.6 Å². The molecule has 0 saturated carbocycles. The maximum Gasteiger partial charge on any atom is 0.136 e. The molecule has 0 aliphatic heterocycles. The number of fused-ring (bicyclic) bond motifs is 1. The van der Waals surface area contributed by atoms with Crippen LogP contribution in [0.4, 0.5) is 4.39 Å². The number of para-hydroxylation sites is 1. The minimum absolute atomic E-state index is 0.0465. The second kappa shape index (κ2) is 4.76. The van der Waals surface area contributed by atoms with E-state index in [4.69, 9.17) is 0 Å². The van der Waals surface area contributed by atoms with Crippen molar-refractivity contribution < 1.29 is 4.39 Å². The molecule has 0 amide bonds. The largest absolute Gasteiger partial charge is 0.240 e. The Hall–Kier alpha value is -2.29. The first kappa shape index (κ1) is 11.8. The van der Waals surface area contributed by atoms with Crippen molar-refractivity contribution in [3.63, 3.8) is 0 Å². The summed E-state index contributed by atoms with van der Waals surface area (Å²) in [6.45, 7) is 2.03. The molecule has 1 heterocycles. The van der Waals surface area contributed by atoms with E-state index in [2.05, 4.69) is 9.97 Å². The molecule has 3 aromatic rings. The predicted molar refractivity (Wildman–Crippen MR) is 73.5 cm³/mol. The van der Waals surface area contributed by atoms with Gasteiger partial charge in [0, 0.05) is 17.5 Å². The number of nitrogens with zero attached hydrogens (tertiary/aromatic N) is 2. The second-order valence-electron chi connectivity index (χ2n) is 4.56. The first-order chi connectivity index (χ1) is 9.24. The summed E-state index contributed by atoms with van der Waals surface area (Å²) in [4.78, 5) is 8.97. The zero-order valence-electron chi connectivity index (χ0n) is 10.5. The van der Waals surface area contributed by atoms with Crippen LogP contribution in [0.5, 0.6) is 0 Å². The molecule has 2 nitrogen and oxygen atoms in total. The van der Waals surface area contributed by atoms with Gasteiger partial charge in [-0.2, -0.15) is 0 Å². The van der Waals surface area contributed by atoms with Crippen molar-refractivity contribution in [3.8, 4) is 0 Å². The third kappa shape index (κ3) is 2.32. The van der Waals surface area contributed by atoms with E-state index < -0.39 is 0 Å². The molecule has 0 bridgehead atoms. The topological polar surface area (TPSA) is 25.8 Å². The normalized spacial score (nSPS) is 12.5. The zero-order chi connectivity index (χ0) is 13.2. The zero-order valence-corrected chi connectivity index (χ0v) is 10.5. The Labute approximate surface area is 111 Å². The fourth-order valence-electron chi connectivity index (χ4n) is 2.10. The highest BCUT2D eigenvalue weighted by molar-refractivity contribution is 5.77. The number of hydrogen-bond donors (Lipinski definition) is 0. The van der Waals surface area contributed by atoms with Gasteiger partial charge in [-0.05, 0) is 23.8 Å². The quantitative estimate of drug-likeness (QED) is 0.690. The van der Waals surface area contributed by atoms with E-state index in [9.17, 15) is 4.39 Å². The molecule has 2 aromatic carbocycles. The lowest BCUT2D eigenvalue weighted by Gasteiger charge is -2.11. The van der Waals surface area contributed by atoms with Crippen LogP contribution >= 0.6 is 0 Å². The summed E-state index contributed by atoms with van der Waals surface area (Å²) < 4.78 is 12.9. The standard InChI is InChI=1S/C16H13FN2/c1-11(12-6-8-14(17)9-7-12)16-18-10-13-4-2-3-5-15(13)19-16/h2-11H,1H3/t11-/m0/s1. The van der Waals surface area contributed by atoms with Gasteiger partial charge in [0.2, 0.25) is 0 Å². The van der Waals surface area contributed by atoms with Gasteiger partial charge in [-0.25, -0.2) is 14.4 Å². The predicted octanol–water partition coefficient (Wildman–Crippen LogP) is 3.92. The van der Waals surface area contributed by atoms with Crippen molar-refractivity contribution in [2.75, 3.05) is 0 Å². The highest BCUT2D eigenvalue weighted by Crippen LogP contribution is 2.22. The molecule has 0 aliphatic rings. The van der Waals surface area contributed by atoms with Gasteiger partial charge < -0.3 is 0 Å². The summed E-state index contributed by atoms with van der Waals surface area (Å²) in [6, 6.07) is 14.4. The third-order valence-electron chi connectivity index (χ3n) is 3.26. The summed E-state index contributed by atoms with van der Waals surface area (Å²) in [6.07, 6.45) is 1.83. The molecular weight excluding hydrogens is 239 g/mol. The van der Waals surface area contributed by atoms with E-state index >= 15 is 0 Å². The highest BCUT2D eigenvalue weighted by atomic mass is 19.1. The van der Waals surface area contributed by atoms with E-state index in [1.54, 1.807) is 12.1 Å². The Kier molecular flexibility index (Phi) is 2.95. The molecule has 0 spiro atoms. The number of hydrogen-bond acceptors (Lipinski definition) is 2. The Morgan fingerprint density at radius 2 is 1.74 bits per heavy atom. The maximum atomic E-state index is 12.9. The van der Waals surface area contributed by atoms with E-state index in [-0.39, 0.29) is 11.7 Å². The number of aromatic nitrogens is 2. The summed E-state index contributed by atoms with van der Waals surface area (Å²) in [7, 11) is 0. The van der Waals surface area contributed by atoms with Crippen molar-refractivity contribution in [1.82, 2.24) is 9.97 Å². The Bertz CT molecular complexity index is 707. The van der Waals surface area contributed by atoms with Crippen LogP contribution in [0, 0.1) is 5.82 Å². The highest BCUT2D eigenvalue weighted by Gasteiger charge is 2.12. The van der Waals surface area contributed by atoms with Gasteiger partial charge in [-0.3, -0.25) is 0 Å². The number of halogens is 1. The van der Waals surface area contributed by atoms with E-state index in [0.717, 1.165) is 22.3 Å². The lowest BCUT2D eigenvalue weighted by Crippen LogP contribution is -2.02. The third-order valence-corrected chi connectivity index (χ3v) is 3.26. The van der Waals surface area contributed by atoms with Crippen LogP contribution in [0.3, 0.4) is 0 Å². The van der Waals surface area contributed by atoms with Crippen molar-refractivity contribution >= 4 is 10.9 Å². The molecule has 3 heteroatoms. The Morgan fingerprint density at radius 1 is 1.00 bits per heavy atom. The first-order valence-corrected chi connectivity index (χ1v) is 6.21. The molecule has 0 aliphatic carbocycles. The van der Waals surface area contributed by atoms with Gasteiger partial charge in [0.05, 0.1) is 5.52 Å². The van der Waals surface area contributed by atoms with Crippen LogP contribution in [0.25, 0.3) is 10.9 Å². The molecule has 1 aromatic heterocycles. The van der Waals surface area contributed by atoms with Crippen LogP contribution in [-0.2, 0) is 0 Å². The van der Waals surface area contributed by atoms with E-state index in [1.165, 1.54) is 12.1 Å².